The number of rotatable bonds is 4. The van der Waals surface area contributed by atoms with Gasteiger partial charge in [-0.15, -0.1) is 11.3 Å². The number of esters is 1. The van der Waals surface area contributed by atoms with Gasteiger partial charge in [0.1, 0.15) is 16.6 Å². The Kier molecular flexibility index (Phi) is 11.4. The molecule has 9 heteroatoms. The topological polar surface area (TPSA) is 123 Å². The van der Waals surface area contributed by atoms with Crippen molar-refractivity contribution in [2.45, 2.75) is 98.0 Å². The molecule has 0 unspecified atom stereocenters. The highest BCUT2D eigenvalue weighted by Crippen LogP contribution is 2.34. The summed E-state index contributed by atoms with van der Waals surface area (Å²) in [6, 6.07) is 0. The first-order valence-electron chi connectivity index (χ1n) is 12.7. The summed E-state index contributed by atoms with van der Waals surface area (Å²) in [7, 11) is 0. The van der Waals surface area contributed by atoms with Gasteiger partial charge in [-0.25, -0.2) is 9.37 Å². The quantitative estimate of drug-likeness (QED) is 0.385. The normalized spacial score (nSPS) is 29.5. The van der Waals surface area contributed by atoms with Crippen molar-refractivity contribution >= 4 is 29.2 Å². The van der Waals surface area contributed by atoms with Gasteiger partial charge in [0.25, 0.3) is 0 Å². The van der Waals surface area contributed by atoms with Crippen LogP contribution in [0.15, 0.2) is 22.9 Å². The van der Waals surface area contributed by atoms with Crippen LogP contribution in [0.25, 0.3) is 6.08 Å². The maximum absolute atomic E-state index is 15.2. The van der Waals surface area contributed by atoms with E-state index in [2.05, 4.69) is 4.98 Å². The maximum atomic E-state index is 15.2. The molecule has 4 N–H and O–H groups in total. The zero-order valence-electron chi connectivity index (χ0n) is 22.0. The second-order valence-electron chi connectivity index (χ2n) is 10.3. The second kappa shape index (κ2) is 13.6. The Morgan fingerprint density at radius 2 is 2.06 bits per heavy atom. The van der Waals surface area contributed by atoms with E-state index >= 15 is 4.39 Å². The number of aliphatic hydroxyl groups is 2. The molecule has 36 heavy (non-hydrogen) atoms. The summed E-state index contributed by atoms with van der Waals surface area (Å²) in [5, 5.41) is 24.1. The van der Waals surface area contributed by atoms with Crippen LogP contribution < -0.4 is 5.73 Å². The molecule has 202 valence electrons. The van der Waals surface area contributed by atoms with E-state index < -0.39 is 47.9 Å². The van der Waals surface area contributed by atoms with Gasteiger partial charge in [0.2, 0.25) is 0 Å². The molecule has 0 bridgehead atoms. The fraction of sp³-hybridized carbons (Fsp3) is 0.667. The number of hydrogen-bond donors (Lipinski definition) is 3. The number of thiazole rings is 1. The van der Waals surface area contributed by atoms with Crippen LogP contribution in [-0.2, 0) is 20.9 Å². The number of nitrogens with two attached hydrogens (primary N) is 1. The van der Waals surface area contributed by atoms with E-state index in [4.69, 9.17) is 10.5 Å². The second-order valence-corrected chi connectivity index (χ2v) is 11.3. The predicted octanol–water partition coefficient (Wildman–Crippen LogP) is 4.71. The van der Waals surface area contributed by atoms with Crippen molar-refractivity contribution in [2.24, 2.45) is 23.0 Å². The van der Waals surface area contributed by atoms with E-state index in [1.807, 2.05) is 26.8 Å². The Hall–Kier alpha value is -1.94. The van der Waals surface area contributed by atoms with Crippen LogP contribution in [-0.4, -0.2) is 45.3 Å². The van der Waals surface area contributed by atoms with Gasteiger partial charge in [0.05, 0.1) is 29.7 Å². The number of ketones is 1. The van der Waals surface area contributed by atoms with Gasteiger partial charge >= 0.3 is 5.97 Å². The van der Waals surface area contributed by atoms with Gasteiger partial charge < -0.3 is 20.7 Å². The van der Waals surface area contributed by atoms with E-state index in [0.29, 0.717) is 17.1 Å². The molecule has 1 aliphatic heterocycles. The summed E-state index contributed by atoms with van der Waals surface area (Å²) in [4.78, 5) is 30.3. The summed E-state index contributed by atoms with van der Waals surface area (Å²) in [6.45, 7) is 9.08. The summed E-state index contributed by atoms with van der Waals surface area (Å²) in [5.41, 5.74) is 5.70. The molecular formula is C27H41FN2O5S. The lowest BCUT2D eigenvalue weighted by molar-refractivity contribution is -0.155. The molecule has 0 radical (unpaired) electrons. The minimum Gasteiger partial charge on any atom is -0.455 e. The fourth-order valence-electron chi connectivity index (χ4n) is 4.46. The van der Waals surface area contributed by atoms with Gasteiger partial charge in [-0.2, -0.15) is 0 Å². The Labute approximate surface area is 217 Å². The smallest absolute Gasteiger partial charge is 0.309 e. The molecule has 1 aliphatic rings. The number of cyclic esters (lactones) is 1. The van der Waals surface area contributed by atoms with Crippen molar-refractivity contribution in [1.29, 1.82) is 0 Å². The number of nitrogens with zero attached hydrogens (tertiary/aromatic N) is 1. The number of Topliss-reactive ketones (excluding diaryl/α,β-unsaturated/α-hetero) is 1. The molecule has 0 aromatic carbocycles. The first-order valence-corrected chi connectivity index (χ1v) is 13.6. The van der Waals surface area contributed by atoms with E-state index in [1.54, 1.807) is 19.2 Å². The van der Waals surface area contributed by atoms with Crippen LogP contribution in [0.3, 0.4) is 0 Å². The lowest BCUT2D eigenvalue weighted by Gasteiger charge is -2.35. The molecule has 0 saturated heterocycles. The number of aliphatic hydroxyl groups excluding tert-OH is 2. The molecule has 1 aromatic heterocycles. The monoisotopic (exact) mass is 524 g/mol. The van der Waals surface area contributed by atoms with Crippen LogP contribution in [0, 0.1) is 17.3 Å². The van der Waals surface area contributed by atoms with Crippen molar-refractivity contribution in [3.63, 3.8) is 0 Å². The standard InChI is InChI=1S/C27H41FN2O5S/c1-6-19-25(33)17(3)9-7-8-16(2)10-11-21(20(28)12-18-15-36-23(14-29)30-18)35-24(32)13-22(31)27(4,5)26(19)34/h10,12,15,17,19,21-22,25,31,33H,6-9,11,13-14,29H2,1-5H3/t17-,19+,21-,22-,25-/m0/s1. The predicted molar refractivity (Wildman–Crippen MR) is 140 cm³/mol. The molecule has 0 fully saturated rings. The first kappa shape index (κ1) is 30.3. The Morgan fingerprint density at radius 3 is 2.67 bits per heavy atom. The third-order valence-corrected chi connectivity index (χ3v) is 8.01. The zero-order chi connectivity index (χ0) is 27.0. The Bertz CT molecular complexity index is 958. The van der Waals surface area contributed by atoms with Crippen molar-refractivity contribution in [3.8, 4) is 0 Å². The van der Waals surface area contributed by atoms with E-state index in [1.165, 1.54) is 17.4 Å². The molecule has 7 nitrogen and oxygen atoms in total. The molecule has 2 rings (SSSR count). The molecular weight excluding hydrogens is 483 g/mol. The molecule has 5 atom stereocenters. The summed E-state index contributed by atoms with van der Waals surface area (Å²) < 4.78 is 20.7. The molecule has 0 aliphatic carbocycles. The SMILES string of the molecule is CC[C@H]1C(=O)C(C)(C)[C@@H](O)CC(=O)O[C@H](C(F)=Cc2csc(CN)n2)CC=C(C)CCC[C@H](C)[C@@H]1O. The highest BCUT2D eigenvalue weighted by molar-refractivity contribution is 7.09. The van der Waals surface area contributed by atoms with Gasteiger partial charge in [0, 0.05) is 30.3 Å². The van der Waals surface area contributed by atoms with Crippen molar-refractivity contribution in [1.82, 2.24) is 4.98 Å². The number of ether oxygens (including phenoxy) is 1. The van der Waals surface area contributed by atoms with Gasteiger partial charge in [-0.05, 0) is 38.5 Å². The van der Waals surface area contributed by atoms with E-state index in [0.717, 1.165) is 24.8 Å². The highest BCUT2D eigenvalue weighted by Gasteiger charge is 2.43. The van der Waals surface area contributed by atoms with Crippen molar-refractivity contribution < 1.29 is 28.9 Å². The third kappa shape index (κ3) is 8.03. The molecule has 1 aromatic rings. The van der Waals surface area contributed by atoms with Crippen molar-refractivity contribution in [2.75, 3.05) is 0 Å². The van der Waals surface area contributed by atoms with E-state index in [9.17, 15) is 19.8 Å². The van der Waals surface area contributed by atoms with Gasteiger partial charge in [0.15, 0.2) is 6.10 Å². The summed E-state index contributed by atoms with van der Waals surface area (Å²) in [6.07, 6.45) is 2.04. The molecule has 0 amide bonds. The Morgan fingerprint density at radius 1 is 1.36 bits per heavy atom. The minimum absolute atomic E-state index is 0.109. The summed E-state index contributed by atoms with van der Waals surface area (Å²) in [5.74, 6) is -2.53. The first-order chi connectivity index (χ1) is 16.9. The fourth-order valence-corrected chi connectivity index (χ4v) is 5.09. The lowest BCUT2D eigenvalue weighted by Crippen LogP contribution is -2.46. The number of aromatic nitrogens is 1. The van der Waals surface area contributed by atoms with Crippen LogP contribution >= 0.6 is 11.3 Å². The highest BCUT2D eigenvalue weighted by atomic mass is 32.1. The number of carbonyl (C=O) groups is 2. The molecule has 0 spiro atoms. The molecule has 0 saturated carbocycles. The summed E-state index contributed by atoms with van der Waals surface area (Å²) >= 11 is 1.32. The average Bonchev–Trinajstić information content (AvgIpc) is 3.28. The van der Waals surface area contributed by atoms with Crippen LogP contribution in [0.2, 0.25) is 0 Å². The van der Waals surface area contributed by atoms with Crippen LogP contribution in [0.5, 0.6) is 0 Å². The largest absolute Gasteiger partial charge is 0.455 e. The molecule has 2 heterocycles. The number of halogens is 1. The van der Waals surface area contributed by atoms with Gasteiger partial charge in [-0.1, -0.05) is 39.3 Å². The average molecular weight is 525 g/mol. The zero-order valence-corrected chi connectivity index (χ0v) is 22.8. The lowest BCUT2D eigenvalue weighted by atomic mass is 9.71. The number of carbonyl (C=O) groups excluding carboxylic acids is 2. The third-order valence-electron chi connectivity index (χ3n) is 7.12. The Balaban J connectivity index is 2.35. The van der Waals surface area contributed by atoms with Crippen LogP contribution in [0.1, 0.15) is 83.8 Å². The number of allylic oxidation sites excluding steroid dienone is 1. The number of hydrogen-bond acceptors (Lipinski definition) is 8. The maximum Gasteiger partial charge on any atom is 0.309 e. The van der Waals surface area contributed by atoms with Crippen LogP contribution in [0.4, 0.5) is 4.39 Å². The minimum atomic E-state index is -1.35. The van der Waals surface area contributed by atoms with E-state index in [-0.39, 0.29) is 24.7 Å². The van der Waals surface area contributed by atoms with Gasteiger partial charge in [-0.3, -0.25) is 9.59 Å². The van der Waals surface area contributed by atoms with Crippen molar-refractivity contribution in [3.05, 3.63) is 33.6 Å².